The molecule has 0 N–H and O–H groups in total. The van der Waals surface area contributed by atoms with Crippen LogP contribution in [0.25, 0.3) is 10.8 Å². The molecule has 6 nitrogen and oxygen atoms in total. The number of carbonyl (C=O) groups is 1. The molecule has 0 aromatic heterocycles. The lowest BCUT2D eigenvalue weighted by atomic mass is 9.79. The number of non-ortho nitro benzene ring substituents is 1. The van der Waals surface area contributed by atoms with Gasteiger partial charge in [-0.25, -0.2) is 4.79 Å². The predicted molar refractivity (Wildman–Crippen MR) is 145 cm³/mol. The van der Waals surface area contributed by atoms with E-state index in [1.54, 1.807) is 0 Å². The fourth-order valence-electron chi connectivity index (χ4n) is 4.67. The minimum absolute atomic E-state index is 0.00613. The predicted octanol–water partition coefficient (Wildman–Crippen LogP) is 8.02. The molecule has 1 aliphatic carbocycles. The van der Waals surface area contributed by atoms with Crippen LogP contribution < -0.4 is 4.43 Å². The molecule has 36 heavy (non-hydrogen) atoms. The van der Waals surface area contributed by atoms with Gasteiger partial charge in [-0.15, -0.1) is 0 Å². The maximum Gasteiger partial charge on any atom is 0.338 e. The highest BCUT2D eigenvalue weighted by atomic mass is 28.4. The Morgan fingerprint density at radius 3 is 2.31 bits per heavy atom. The van der Waals surface area contributed by atoms with Crippen LogP contribution in [0.4, 0.5) is 5.69 Å². The van der Waals surface area contributed by atoms with Crippen LogP contribution in [0, 0.1) is 10.1 Å². The molecule has 0 unspecified atom stereocenters. The minimum atomic E-state index is -2.11. The zero-order valence-corrected chi connectivity index (χ0v) is 22.7. The van der Waals surface area contributed by atoms with Crippen molar-refractivity contribution in [1.82, 2.24) is 0 Å². The first-order valence-electron chi connectivity index (χ1n) is 12.6. The Hall–Kier alpha value is -3.19. The number of carbonyl (C=O) groups excluding carboxylic acids is 1. The van der Waals surface area contributed by atoms with Gasteiger partial charge in [0.25, 0.3) is 5.69 Å². The average Bonchev–Trinajstić information content (AvgIpc) is 2.83. The smallest absolute Gasteiger partial charge is 0.338 e. The molecule has 0 saturated heterocycles. The number of hydrogen-bond acceptors (Lipinski definition) is 5. The van der Waals surface area contributed by atoms with E-state index in [2.05, 4.69) is 58.1 Å². The van der Waals surface area contributed by atoms with E-state index < -0.39 is 19.2 Å². The number of ether oxygens (including phenoxy) is 1. The van der Waals surface area contributed by atoms with Crippen LogP contribution in [0.15, 0.2) is 60.7 Å². The number of nitro groups is 1. The first-order valence-corrected chi connectivity index (χ1v) is 15.5. The van der Waals surface area contributed by atoms with Crippen molar-refractivity contribution in [3.05, 3.63) is 81.9 Å². The fourth-order valence-corrected chi connectivity index (χ4v) is 5.70. The van der Waals surface area contributed by atoms with Crippen LogP contribution in [-0.2, 0) is 4.74 Å². The number of benzene rings is 3. The van der Waals surface area contributed by atoms with Crippen LogP contribution in [0.5, 0.6) is 5.75 Å². The third-order valence-electron chi connectivity index (χ3n) is 7.75. The second-order valence-electron chi connectivity index (χ2n) is 11.2. The number of rotatable bonds is 6. The van der Waals surface area contributed by atoms with Gasteiger partial charge in [-0.05, 0) is 66.4 Å². The summed E-state index contributed by atoms with van der Waals surface area (Å²) in [4.78, 5) is 23.6. The van der Waals surface area contributed by atoms with Crippen LogP contribution in [0.2, 0.25) is 18.1 Å². The van der Waals surface area contributed by atoms with Crippen molar-refractivity contribution in [2.45, 2.75) is 76.6 Å². The second-order valence-corrected chi connectivity index (χ2v) is 15.9. The van der Waals surface area contributed by atoms with Crippen molar-refractivity contribution in [2.24, 2.45) is 0 Å². The third kappa shape index (κ3) is 5.31. The van der Waals surface area contributed by atoms with Gasteiger partial charge in [0.2, 0.25) is 8.32 Å². The highest BCUT2D eigenvalue weighted by Gasteiger charge is 2.41. The van der Waals surface area contributed by atoms with E-state index in [1.165, 1.54) is 24.3 Å². The molecule has 0 amide bonds. The topological polar surface area (TPSA) is 78.7 Å². The molecule has 1 aliphatic rings. The van der Waals surface area contributed by atoms with Crippen molar-refractivity contribution in [3.63, 3.8) is 0 Å². The largest absolute Gasteiger partial charge is 0.543 e. The molecule has 190 valence electrons. The molecule has 0 spiro atoms. The molecule has 1 saturated carbocycles. The monoisotopic (exact) mass is 505 g/mol. The first kappa shape index (κ1) is 25.9. The van der Waals surface area contributed by atoms with E-state index in [1.807, 2.05) is 12.1 Å². The van der Waals surface area contributed by atoms with E-state index in [9.17, 15) is 14.9 Å². The van der Waals surface area contributed by atoms with Crippen molar-refractivity contribution in [3.8, 4) is 5.75 Å². The molecule has 0 radical (unpaired) electrons. The fraction of sp³-hybridized carbons (Fsp3) is 0.414. The standard InChI is InChI=1S/C29H35NO5Si/c1-29(2,3)36(4,5)35-26-19-16-20-10-6-7-11-23(20)27(26)24-12-8-9-13-25(24)34-28(31)21-14-17-22(18-15-21)30(32)33/h6-7,10-11,14-19,24-25H,8-9,12-13H2,1-5H3/t24-,25+/m1/s1. The molecule has 2 atom stereocenters. The second kappa shape index (κ2) is 10.0. The highest BCUT2D eigenvalue weighted by Crippen LogP contribution is 2.46. The maximum absolute atomic E-state index is 13.1. The first-order chi connectivity index (χ1) is 17.0. The van der Waals surface area contributed by atoms with E-state index >= 15 is 0 Å². The Balaban J connectivity index is 1.71. The summed E-state index contributed by atoms with van der Waals surface area (Å²) in [6, 6.07) is 18.1. The lowest BCUT2D eigenvalue weighted by Crippen LogP contribution is -2.44. The average molecular weight is 506 g/mol. The molecule has 0 aliphatic heterocycles. The van der Waals surface area contributed by atoms with Gasteiger partial charge in [0.05, 0.1) is 10.5 Å². The van der Waals surface area contributed by atoms with Gasteiger partial charge in [-0.2, -0.15) is 0 Å². The molecule has 7 heteroatoms. The summed E-state index contributed by atoms with van der Waals surface area (Å²) in [5, 5.41) is 13.3. The molecular formula is C29H35NO5Si. The lowest BCUT2D eigenvalue weighted by molar-refractivity contribution is -0.384. The Morgan fingerprint density at radius 2 is 1.64 bits per heavy atom. The summed E-state index contributed by atoms with van der Waals surface area (Å²) in [7, 11) is -2.11. The Kier molecular flexibility index (Phi) is 7.23. The van der Waals surface area contributed by atoms with E-state index in [4.69, 9.17) is 9.16 Å². The Morgan fingerprint density at radius 1 is 0.972 bits per heavy atom. The van der Waals surface area contributed by atoms with Gasteiger partial charge in [0.1, 0.15) is 11.9 Å². The molecule has 3 aromatic carbocycles. The van der Waals surface area contributed by atoms with Crippen molar-refractivity contribution in [1.29, 1.82) is 0 Å². The Bertz CT molecular complexity index is 1260. The van der Waals surface area contributed by atoms with Gasteiger partial charge in [0, 0.05) is 23.6 Å². The SMILES string of the molecule is CC(C)(C)[Si](C)(C)Oc1ccc2ccccc2c1[C@@H]1CCCC[C@@H]1OC(=O)c1ccc([N+](=O)[O-])cc1. The van der Waals surface area contributed by atoms with Gasteiger partial charge in [-0.3, -0.25) is 10.1 Å². The summed E-state index contributed by atoms with van der Waals surface area (Å²) in [5.74, 6) is 0.448. The third-order valence-corrected chi connectivity index (χ3v) is 12.1. The van der Waals surface area contributed by atoms with E-state index in [0.29, 0.717) is 5.56 Å². The molecule has 3 aromatic rings. The Labute approximate surface area is 213 Å². The van der Waals surface area contributed by atoms with E-state index in [0.717, 1.165) is 47.8 Å². The van der Waals surface area contributed by atoms with Crippen LogP contribution in [0.3, 0.4) is 0 Å². The minimum Gasteiger partial charge on any atom is -0.543 e. The van der Waals surface area contributed by atoms with Gasteiger partial charge in [0.15, 0.2) is 0 Å². The van der Waals surface area contributed by atoms with Gasteiger partial charge >= 0.3 is 5.97 Å². The zero-order chi connectivity index (χ0) is 26.1. The lowest BCUT2D eigenvalue weighted by Gasteiger charge is -2.39. The molecule has 1 fully saturated rings. The summed E-state index contributed by atoms with van der Waals surface area (Å²) < 4.78 is 13.0. The summed E-state index contributed by atoms with van der Waals surface area (Å²) >= 11 is 0. The van der Waals surface area contributed by atoms with Gasteiger partial charge in [-0.1, -0.05) is 57.5 Å². The van der Waals surface area contributed by atoms with Crippen LogP contribution >= 0.6 is 0 Å². The molecule has 0 heterocycles. The van der Waals surface area contributed by atoms with Crippen LogP contribution in [-0.4, -0.2) is 25.3 Å². The van der Waals surface area contributed by atoms with Crippen LogP contribution in [0.1, 0.15) is 68.3 Å². The quantitative estimate of drug-likeness (QED) is 0.147. The molecular weight excluding hydrogens is 470 g/mol. The summed E-state index contributed by atoms with van der Waals surface area (Å²) in [6.45, 7) is 11.2. The van der Waals surface area contributed by atoms with E-state index in [-0.39, 0.29) is 22.7 Å². The maximum atomic E-state index is 13.1. The normalized spacial score (nSPS) is 18.6. The van der Waals surface area contributed by atoms with Crippen molar-refractivity contribution >= 4 is 30.7 Å². The molecule has 0 bridgehead atoms. The highest BCUT2D eigenvalue weighted by molar-refractivity contribution is 6.74. The number of fused-ring (bicyclic) bond motifs is 1. The summed E-state index contributed by atoms with van der Waals surface area (Å²) in [6.07, 6.45) is 3.41. The summed E-state index contributed by atoms with van der Waals surface area (Å²) in [5.41, 5.74) is 1.39. The number of nitro benzene ring substituents is 1. The number of nitrogens with zero attached hydrogens (tertiary/aromatic N) is 1. The number of esters is 1. The van der Waals surface area contributed by atoms with Crippen molar-refractivity contribution in [2.75, 3.05) is 0 Å². The number of hydrogen-bond donors (Lipinski definition) is 0. The van der Waals surface area contributed by atoms with Crippen molar-refractivity contribution < 1.29 is 18.9 Å². The van der Waals surface area contributed by atoms with Gasteiger partial charge < -0.3 is 9.16 Å². The molecule has 4 rings (SSSR count). The zero-order valence-electron chi connectivity index (χ0n) is 21.7.